The standard InChI is InChI=1S/C12H10Br2/c13-12(14)9-5-4-8-11(12)10-6-2-1-3-7-10/h1-9,11H. The Morgan fingerprint density at radius 1 is 1.00 bits per heavy atom. The molecule has 0 saturated carbocycles. The zero-order valence-electron chi connectivity index (χ0n) is 7.53. The van der Waals surface area contributed by atoms with Crippen LogP contribution in [0.25, 0.3) is 0 Å². The first kappa shape index (κ1) is 10.2. The van der Waals surface area contributed by atoms with E-state index in [-0.39, 0.29) is 3.23 Å². The number of hydrogen-bond donors (Lipinski definition) is 0. The van der Waals surface area contributed by atoms with Gasteiger partial charge in [-0.25, -0.2) is 0 Å². The van der Waals surface area contributed by atoms with Gasteiger partial charge in [0.2, 0.25) is 0 Å². The number of hydrogen-bond acceptors (Lipinski definition) is 0. The Morgan fingerprint density at radius 3 is 2.36 bits per heavy atom. The summed E-state index contributed by atoms with van der Waals surface area (Å²) in [6.45, 7) is 0. The van der Waals surface area contributed by atoms with Crippen LogP contribution in [0.4, 0.5) is 0 Å². The molecule has 2 heteroatoms. The Balaban J connectivity index is 2.36. The predicted molar refractivity (Wildman–Crippen MR) is 68.0 cm³/mol. The van der Waals surface area contributed by atoms with Gasteiger partial charge in [0.25, 0.3) is 0 Å². The van der Waals surface area contributed by atoms with Crippen LogP contribution in [0.1, 0.15) is 11.5 Å². The summed E-state index contributed by atoms with van der Waals surface area (Å²) < 4.78 is -0.143. The first-order chi connectivity index (χ1) is 6.70. The molecule has 0 radical (unpaired) electrons. The maximum absolute atomic E-state index is 3.67. The van der Waals surface area contributed by atoms with Gasteiger partial charge in [0.05, 0.1) is 0 Å². The molecular weight excluding hydrogens is 304 g/mol. The van der Waals surface area contributed by atoms with Crippen molar-refractivity contribution in [3.63, 3.8) is 0 Å². The minimum absolute atomic E-state index is 0.143. The molecular formula is C12H10Br2. The Labute approximate surface area is 101 Å². The molecule has 0 bridgehead atoms. The summed E-state index contributed by atoms with van der Waals surface area (Å²) in [7, 11) is 0. The highest BCUT2D eigenvalue weighted by Crippen LogP contribution is 2.44. The smallest absolute Gasteiger partial charge is 0.0745 e. The van der Waals surface area contributed by atoms with E-state index in [4.69, 9.17) is 0 Å². The highest BCUT2D eigenvalue weighted by Gasteiger charge is 2.31. The molecule has 0 fully saturated rings. The van der Waals surface area contributed by atoms with Gasteiger partial charge in [-0.2, -0.15) is 0 Å². The van der Waals surface area contributed by atoms with E-state index in [2.05, 4.69) is 74.4 Å². The average Bonchev–Trinajstić information content (AvgIpc) is 2.18. The first-order valence-corrected chi connectivity index (χ1v) is 6.07. The lowest BCUT2D eigenvalue weighted by molar-refractivity contribution is 0.848. The SMILES string of the molecule is BrC1(Br)C=CC=CC1c1ccccc1. The van der Waals surface area contributed by atoms with Crippen LogP contribution >= 0.6 is 31.9 Å². The van der Waals surface area contributed by atoms with Crippen LogP contribution in [0.3, 0.4) is 0 Å². The largest absolute Gasteiger partial charge is 0.109 e. The van der Waals surface area contributed by atoms with Crippen LogP contribution in [-0.2, 0) is 0 Å². The minimum Gasteiger partial charge on any atom is -0.0745 e. The van der Waals surface area contributed by atoms with Crippen LogP contribution in [-0.4, -0.2) is 3.23 Å². The van der Waals surface area contributed by atoms with Gasteiger partial charge < -0.3 is 0 Å². The van der Waals surface area contributed by atoms with E-state index >= 15 is 0 Å². The maximum atomic E-state index is 3.67. The summed E-state index contributed by atoms with van der Waals surface area (Å²) in [5, 5.41) is 0. The van der Waals surface area contributed by atoms with Crippen molar-refractivity contribution < 1.29 is 0 Å². The van der Waals surface area contributed by atoms with E-state index in [9.17, 15) is 0 Å². The quantitative estimate of drug-likeness (QED) is 0.675. The highest BCUT2D eigenvalue weighted by molar-refractivity contribution is 9.25. The van der Waals surface area contributed by atoms with Crippen molar-refractivity contribution in [1.82, 2.24) is 0 Å². The Kier molecular flexibility index (Phi) is 2.93. The molecule has 72 valence electrons. The number of benzene rings is 1. The third-order valence-corrected chi connectivity index (χ3v) is 3.82. The monoisotopic (exact) mass is 312 g/mol. The predicted octanol–water partition coefficient (Wildman–Crippen LogP) is 4.38. The van der Waals surface area contributed by atoms with Gasteiger partial charge in [0.1, 0.15) is 3.23 Å². The molecule has 1 aliphatic carbocycles. The lowest BCUT2D eigenvalue weighted by atomic mass is 9.92. The normalized spacial score (nSPS) is 23.7. The second-order valence-electron chi connectivity index (χ2n) is 3.31. The molecule has 1 atom stereocenters. The molecule has 1 aromatic carbocycles. The van der Waals surface area contributed by atoms with Crippen molar-refractivity contribution >= 4 is 31.9 Å². The summed E-state index contributed by atoms with van der Waals surface area (Å²) >= 11 is 7.35. The number of halogens is 2. The highest BCUT2D eigenvalue weighted by atomic mass is 79.9. The van der Waals surface area contributed by atoms with Crippen molar-refractivity contribution in [2.45, 2.75) is 9.15 Å². The van der Waals surface area contributed by atoms with E-state index in [0.717, 1.165) is 0 Å². The Morgan fingerprint density at radius 2 is 1.71 bits per heavy atom. The summed E-state index contributed by atoms with van der Waals surface area (Å²) in [6, 6.07) is 10.5. The van der Waals surface area contributed by atoms with E-state index in [1.54, 1.807) is 0 Å². The summed E-state index contributed by atoms with van der Waals surface area (Å²) in [5.74, 6) is 0.341. The molecule has 2 rings (SSSR count). The van der Waals surface area contributed by atoms with Gasteiger partial charge in [0, 0.05) is 5.92 Å². The van der Waals surface area contributed by atoms with Gasteiger partial charge in [-0.3, -0.25) is 0 Å². The fraction of sp³-hybridized carbons (Fsp3) is 0.167. The molecule has 0 aliphatic heterocycles. The second kappa shape index (κ2) is 4.03. The molecule has 0 N–H and O–H groups in total. The molecule has 14 heavy (non-hydrogen) atoms. The summed E-state index contributed by atoms with van der Waals surface area (Å²) in [6.07, 6.45) is 8.44. The fourth-order valence-corrected chi connectivity index (χ4v) is 2.72. The van der Waals surface area contributed by atoms with Crippen molar-refractivity contribution in [3.8, 4) is 0 Å². The summed E-state index contributed by atoms with van der Waals surface area (Å²) in [5.41, 5.74) is 1.31. The maximum Gasteiger partial charge on any atom is 0.109 e. The van der Waals surface area contributed by atoms with Crippen molar-refractivity contribution in [2.24, 2.45) is 0 Å². The van der Waals surface area contributed by atoms with E-state index < -0.39 is 0 Å². The third-order valence-electron chi connectivity index (χ3n) is 2.31. The lowest BCUT2D eigenvalue weighted by Gasteiger charge is -2.27. The van der Waals surface area contributed by atoms with Gasteiger partial charge in [-0.15, -0.1) is 0 Å². The van der Waals surface area contributed by atoms with Crippen molar-refractivity contribution in [1.29, 1.82) is 0 Å². The lowest BCUT2D eigenvalue weighted by Crippen LogP contribution is -2.19. The molecule has 0 saturated heterocycles. The van der Waals surface area contributed by atoms with Gasteiger partial charge >= 0.3 is 0 Å². The second-order valence-corrected chi connectivity index (χ2v) is 7.00. The van der Waals surface area contributed by atoms with Crippen molar-refractivity contribution in [3.05, 3.63) is 60.2 Å². The molecule has 0 amide bonds. The average molecular weight is 314 g/mol. The Hall–Kier alpha value is -0.340. The van der Waals surface area contributed by atoms with Crippen LogP contribution in [0.2, 0.25) is 0 Å². The molecule has 1 unspecified atom stereocenters. The molecule has 1 aromatic rings. The molecule has 0 heterocycles. The van der Waals surface area contributed by atoms with Gasteiger partial charge in [-0.05, 0) is 5.56 Å². The Bertz CT molecular complexity index is 363. The van der Waals surface area contributed by atoms with Crippen LogP contribution < -0.4 is 0 Å². The number of alkyl halides is 2. The van der Waals surface area contributed by atoms with E-state index in [0.29, 0.717) is 5.92 Å². The molecule has 0 spiro atoms. The molecule has 0 aromatic heterocycles. The van der Waals surface area contributed by atoms with Crippen molar-refractivity contribution in [2.75, 3.05) is 0 Å². The first-order valence-electron chi connectivity index (χ1n) is 4.49. The van der Waals surface area contributed by atoms with Crippen LogP contribution in [0.5, 0.6) is 0 Å². The zero-order valence-corrected chi connectivity index (χ0v) is 10.7. The zero-order chi connectivity index (χ0) is 10.0. The number of allylic oxidation sites excluding steroid dienone is 4. The van der Waals surface area contributed by atoms with Crippen LogP contribution in [0.15, 0.2) is 54.6 Å². The summed E-state index contributed by atoms with van der Waals surface area (Å²) in [4.78, 5) is 0. The van der Waals surface area contributed by atoms with Crippen LogP contribution in [0, 0.1) is 0 Å². The van der Waals surface area contributed by atoms with Gasteiger partial charge in [-0.1, -0.05) is 86.5 Å². The topological polar surface area (TPSA) is 0 Å². The van der Waals surface area contributed by atoms with E-state index in [1.807, 2.05) is 12.1 Å². The third kappa shape index (κ3) is 2.01. The van der Waals surface area contributed by atoms with Gasteiger partial charge in [0.15, 0.2) is 0 Å². The van der Waals surface area contributed by atoms with E-state index in [1.165, 1.54) is 5.56 Å². The number of rotatable bonds is 1. The minimum atomic E-state index is -0.143. The molecule has 1 aliphatic rings. The molecule has 0 nitrogen and oxygen atoms in total. The fourth-order valence-electron chi connectivity index (χ4n) is 1.58.